The first kappa shape index (κ1) is 16.2. The molecule has 1 aromatic heterocycles. The number of piperazine rings is 1. The first-order valence-electron chi connectivity index (χ1n) is 8.33. The lowest BCUT2D eigenvalue weighted by molar-refractivity contribution is 0.0945. The molecule has 2 fully saturated rings. The summed E-state index contributed by atoms with van der Waals surface area (Å²) in [6.07, 6.45) is 1.74. The third-order valence-corrected chi connectivity index (χ3v) is 4.27. The predicted molar refractivity (Wildman–Crippen MR) is 88.9 cm³/mol. The van der Waals surface area contributed by atoms with Crippen molar-refractivity contribution in [2.45, 2.75) is 0 Å². The van der Waals surface area contributed by atoms with Crippen molar-refractivity contribution in [3.63, 3.8) is 0 Å². The number of morpholine rings is 1. The average Bonchev–Trinajstić information content (AvgIpc) is 2.63. The normalized spacial score (nSPS) is 19.6. The van der Waals surface area contributed by atoms with E-state index in [0.29, 0.717) is 25.3 Å². The monoisotopic (exact) mass is 319 g/mol. The standard InChI is InChI=1S/C16H25N5O2/c22-16(19-6-9-20-7-4-17-5-8-20)14-2-1-3-18-15(14)21-10-12-23-13-11-21/h1-3,17H,4-13H2,(H,19,22). The summed E-state index contributed by atoms with van der Waals surface area (Å²) in [6, 6.07) is 3.66. The number of nitrogens with zero attached hydrogens (tertiary/aromatic N) is 3. The maximum atomic E-state index is 12.5. The minimum Gasteiger partial charge on any atom is -0.378 e. The SMILES string of the molecule is O=C(NCCN1CCNCC1)c1cccnc1N1CCOCC1. The largest absolute Gasteiger partial charge is 0.378 e. The fraction of sp³-hybridized carbons (Fsp3) is 0.625. The van der Waals surface area contributed by atoms with Crippen molar-refractivity contribution in [1.29, 1.82) is 0 Å². The van der Waals surface area contributed by atoms with Gasteiger partial charge in [0.15, 0.2) is 0 Å². The van der Waals surface area contributed by atoms with E-state index in [-0.39, 0.29) is 5.91 Å². The summed E-state index contributed by atoms with van der Waals surface area (Å²) < 4.78 is 5.37. The molecule has 0 aliphatic carbocycles. The Balaban J connectivity index is 1.56. The van der Waals surface area contributed by atoms with Crippen molar-refractivity contribution in [1.82, 2.24) is 20.5 Å². The highest BCUT2D eigenvalue weighted by Crippen LogP contribution is 2.18. The van der Waals surface area contributed by atoms with Gasteiger partial charge in [0.05, 0.1) is 18.8 Å². The summed E-state index contributed by atoms with van der Waals surface area (Å²) in [5, 5.41) is 6.36. The zero-order valence-electron chi connectivity index (χ0n) is 13.5. The molecule has 2 aliphatic heterocycles. The molecule has 0 atom stereocenters. The molecule has 126 valence electrons. The second-order valence-corrected chi connectivity index (χ2v) is 5.82. The van der Waals surface area contributed by atoms with Crippen LogP contribution in [0.5, 0.6) is 0 Å². The molecule has 2 N–H and O–H groups in total. The van der Waals surface area contributed by atoms with Gasteiger partial charge < -0.3 is 20.3 Å². The smallest absolute Gasteiger partial charge is 0.255 e. The summed E-state index contributed by atoms with van der Waals surface area (Å²) in [5.74, 6) is 0.713. The van der Waals surface area contributed by atoms with E-state index < -0.39 is 0 Å². The van der Waals surface area contributed by atoms with Crippen LogP contribution in [0, 0.1) is 0 Å². The number of ether oxygens (including phenoxy) is 1. The molecule has 1 amide bonds. The number of rotatable bonds is 5. The van der Waals surface area contributed by atoms with Crippen molar-refractivity contribution in [3.8, 4) is 0 Å². The first-order valence-corrected chi connectivity index (χ1v) is 8.33. The zero-order valence-corrected chi connectivity index (χ0v) is 13.5. The highest BCUT2D eigenvalue weighted by Gasteiger charge is 2.19. The lowest BCUT2D eigenvalue weighted by Crippen LogP contribution is -2.46. The molecule has 2 aliphatic rings. The maximum Gasteiger partial charge on any atom is 0.255 e. The van der Waals surface area contributed by atoms with Crippen LogP contribution in [0.15, 0.2) is 18.3 Å². The van der Waals surface area contributed by atoms with Gasteiger partial charge in [0.25, 0.3) is 5.91 Å². The molecule has 1 aromatic rings. The number of pyridine rings is 1. The van der Waals surface area contributed by atoms with Crippen LogP contribution in [0.2, 0.25) is 0 Å². The number of amides is 1. The van der Waals surface area contributed by atoms with Crippen molar-refractivity contribution in [3.05, 3.63) is 23.9 Å². The summed E-state index contributed by atoms with van der Waals surface area (Å²) in [5.41, 5.74) is 0.648. The molecule has 23 heavy (non-hydrogen) atoms. The molecule has 7 heteroatoms. The molecule has 0 aromatic carbocycles. The van der Waals surface area contributed by atoms with E-state index in [1.165, 1.54) is 0 Å². The van der Waals surface area contributed by atoms with E-state index >= 15 is 0 Å². The maximum absolute atomic E-state index is 12.5. The van der Waals surface area contributed by atoms with Crippen LogP contribution < -0.4 is 15.5 Å². The summed E-state index contributed by atoms with van der Waals surface area (Å²) in [7, 11) is 0. The Bertz CT molecular complexity index is 513. The molecule has 2 saturated heterocycles. The third kappa shape index (κ3) is 4.40. The van der Waals surface area contributed by atoms with Crippen LogP contribution in [0.4, 0.5) is 5.82 Å². The van der Waals surface area contributed by atoms with E-state index in [0.717, 1.165) is 51.6 Å². The van der Waals surface area contributed by atoms with Gasteiger partial charge in [-0.3, -0.25) is 9.69 Å². The fourth-order valence-electron chi connectivity index (χ4n) is 2.96. The van der Waals surface area contributed by atoms with E-state index in [1.54, 1.807) is 6.20 Å². The van der Waals surface area contributed by atoms with Gasteiger partial charge in [-0.1, -0.05) is 0 Å². The van der Waals surface area contributed by atoms with Crippen molar-refractivity contribution in [2.24, 2.45) is 0 Å². The lowest BCUT2D eigenvalue weighted by Gasteiger charge is -2.29. The number of carbonyl (C=O) groups is 1. The molecule has 0 unspecified atom stereocenters. The van der Waals surface area contributed by atoms with Crippen LogP contribution >= 0.6 is 0 Å². The molecule has 0 radical (unpaired) electrons. The number of hydrogen-bond acceptors (Lipinski definition) is 6. The third-order valence-electron chi connectivity index (χ3n) is 4.27. The highest BCUT2D eigenvalue weighted by atomic mass is 16.5. The van der Waals surface area contributed by atoms with E-state index in [4.69, 9.17) is 4.74 Å². The van der Waals surface area contributed by atoms with Gasteiger partial charge >= 0.3 is 0 Å². The number of carbonyl (C=O) groups excluding carboxylic acids is 1. The Morgan fingerprint density at radius 2 is 2.04 bits per heavy atom. The Hall–Kier alpha value is -1.70. The van der Waals surface area contributed by atoms with Crippen LogP contribution in [0.3, 0.4) is 0 Å². The van der Waals surface area contributed by atoms with Crippen LogP contribution in [0.25, 0.3) is 0 Å². The number of aromatic nitrogens is 1. The first-order chi connectivity index (χ1) is 11.3. The average molecular weight is 319 g/mol. The zero-order chi connectivity index (χ0) is 15.9. The highest BCUT2D eigenvalue weighted by molar-refractivity contribution is 5.98. The Morgan fingerprint density at radius 1 is 1.26 bits per heavy atom. The van der Waals surface area contributed by atoms with Crippen LogP contribution in [-0.2, 0) is 4.74 Å². The van der Waals surface area contributed by atoms with Gasteiger partial charge in [-0.05, 0) is 12.1 Å². The molecule has 7 nitrogen and oxygen atoms in total. The van der Waals surface area contributed by atoms with Crippen LogP contribution in [-0.4, -0.2) is 81.4 Å². The van der Waals surface area contributed by atoms with Crippen molar-refractivity contribution < 1.29 is 9.53 Å². The van der Waals surface area contributed by atoms with Crippen LogP contribution in [0.1, 0.15) is 10.4 Å². The Morgan fingerprint density at radius 3 is 2.83 bits per heavy atom. The Labute approximate surface area is 137 Å². The van der Waals surface area contributed by atoms with E-state index in [2.05, 4.69) is 25.4 Å². The Kier molecular flexibility index (Phi) is 5.79. The topological polar surface area (TPSA) is 69.7 Å². The molecule has 0 saturated carbocycles. The van der Waals surface area contributed by atoms with Gasteiger partial charge in [0.2, 0.25) is 0 Å². The molecule has 3 rings (SSSR count). The summed E-state index contributed by atoms with van der Waals surface area (Å²) in [6.45, 7) is 8.60. The molecular weight excluding hydrogens is 294 g/mol. The lowest BCUT2D eigenvalue weighted by atomic mass is 10.2. The fourth-order valence-corrected chi connectivity index (χ4v) is 2.96. The van der Waals surface area contributed by atoms with Gasteiger partial charge in [0.1, 0.15) is 5.82 Å². The second-order valence-electron chi connectivity index (χ2n) is 5.82. The second kappa shape index (κ2) is 8.24. The number of nitrogens with one attached hydrogen (secondary N) is 2. The van der Waals surface area contributed by atoms with Crippen molar-refractivity contribution in [2.75, 3.05) is 70.5 Å². The van der Waals surface area contributed by atoms with E-state index in [9.17, 15) is 4.79 Å². The molecule has 3 heterocycles. The van der Waals surface area contributed by atoms with Gasteiger partial charge in [0, 0.05) is 58.6 Å². The number of hydrogen-bond donors (Lipinski definition) is 2. The minimum atomic E-state index is -0.0465. The minimum absolute atomic E-state index is 0.0465. The van der Waals surface area contributed by atoms with Gasteiger partial charge in [-0.25, -0.2) is 4.98 Å². The quantitative estimate of drug-likeness (QED) is 0.766. The van der Waals surface area contributed by atoms with Gasteiger partial charge in [-0.2, -0.15) is 0 Å². The number of anilines is 1. The molecule has 0 bridgehead atoms. The summed E-state index contributed by atoms with van der Waals surface area (Å²) in [4.78, 5) is 21.4. The molecular formula is C16H25N5O2. The van der Waals surface area contributed by atoms with Gasteiger partial charge in [-0.15, -0.1) is 0 Å². The van der Waals surface area contributed by atoms with E-state index in [1.807, 2.05) is 12.1 Å². The predicted octanol–water partition coefficient (Wildman–Crippen LogP) is -0.447. The molecule has 0 spiro atoms. The van der Waals surface area contributed by atoms with Crippen molar-refractivity contribution >= 4 is 11.7 Å². The summed E-state index contributed by atoms with van der Waals surface area (Å²) >= 11 is 0.